The van der Waals surface area contributed by atoms with E-state index in [-0.39, 0.29) is 6.61 Å². The molecule has 11 nitrogen and oxygen atoms in total. The van der Waals surface area contributed by atoms with E-state index in [2.05, 4.69) is 84.9 Å². The Hall–Kier alpha value is -5.90. The first-order valence-electron chi connectivity index (χ1n) is 25.8. The number of fused-ring (bicyclic) bond motifs is 7. The summed E-state index contributed by atoms with van der Waals surface area (Å²) in [5.41, 5.74) is 8.54. The normalized spacial score (nSPS) is 30.0. The monoisotopic (exact) mass is 994 g/mol. The second-order valence-corrected chi connectivity index (χ2v) is 19.7. The average Bonchev–Trinajstić information content (AvgIpc) is 3.91. The lowest BCUT2D eigenvalue weighted by atomic mass is 9.62. The molecule has 0 bridgehead atoms. The molecular formula is C63H62O11. The standard InChI is InChI=1S/C63H62O11/c1-64-62-59(68-38-45-27-13-5-14-28-45)56(66-36-43-23-9-3-10-24-43)54(65-35-42-21-7-2-8-22-42)51(73-62)39-69-53-47-31-17-19-33-49(47)63(50-34-20-18-32-48(50)53)41-71-58-57(67-37-44-25-11-4-12-26-44)55-52(72-60(58)63)40-70-61(74-55)46-29-15-6-16-30-46/h2-34,51-62H,35-41H2,1H3/t51-,52-,53?,54-,55-,56+,57+,58-,59+,60+,61-,62+,63?/m1/s1. The maximum Gasteiger partial charge on any atom is 0.186 e. The second kappa shape index (κ2) is 22.5. The van der Waals surface area contributed by atoms with Crippen LogP contribution in [0.2, 0.25) is 0 Å². The van der Waals surface area contributed by atoms with Crippen LogP contribution in [0.3, 0.4) is 0 Å². The predicted molar refractivity (Wildman–Crippen MR) is 276 cm³/mol. The van der Waals surface area contributed by atoms with Gasteiger partial charge in [-0.3, -0.25) is 0 Å². The summed E-state index contributed by atoms with van der Waals surface area (Å²) >= 11 is 0. The van der Waals surface area contributed by atoms with Gasteiger partial charge in [-0.1, -0.05) is 200 Å². The summed E-state index contributed by atoms with van der Waals surface area (Å²) in [5, 5.41) is 0. The Bertz CT molecular complexity index is 2830. The summed E-state index contributed by atoms with van der Waals surface area (Å²) in [6, 6.07) is 67.8. The zero-order valence-electron chi connectivity index (χ0n) is 41.4. The minimum absolute atomic E-state index is 0.145. The van der Waals surface area contributed by atoms with Gasteiger partial charge >= 0.3 is 0 Å². The van der Waals surface area contributed by atoms with Gasteiger partial charge in [0.05, 0.1) is 51.7 Å². The highest BCUT2D eigenvalue weighted by molar-refractivity contribution is 5.58. The van der Waals surface area contributed by atoms with Gasteiger partial charge in [0.25, 0.3) is 0 Å². The molecule has 5 aliphatic rings. The van der Waals surface area contributed by atoms with Crippen LogP contribution in [0.4, 0.5) is 0 Å². The third kappa shape index (κ3) is 9.91. The van der Waals surface area contributed by atoms with E-state index in [1.807, 2.05) is 115 Å². The van der Waals surface area contributed by atoms with E-state index in [4.69, 9.17) is 52.1 Å². The molecular weight excluding hydrogens is 933 g/mol. The molecule has 4 fully saturated rings. The van der Waals surface area contributed by atoms with Crippen molar-refractivity contribution in [3.63, 3.8) is 0 Å². The summed E-state index contributed by atoms with van der Waals surface area (Å²) in [6.07, 6.45) is -6.66. The van der Waals surface area contributed by atoms with Crippen LogP contribution in [0.1, 0.15) is 62.5 Å². The molecule has 74 heavy (non-hydrogen) atoms. The minimum atomic E-state index is -0.800. The van der Waals surface area contributed by atoms with Crippen LogP contribution in [-0.2, 0) is 83.9 Å². The van der Waals surface area contributed by atoms with Crippen molar-refractivity contribution in [3.8, 4) is 0 Å². The van der Waals surface area contributed by atoms with Crippen molar-refractivity contribution in [2.24, 2.45) is 0 Å². The van der Waals surface area contributed by atoms with Gasteiger partial charge in [-0.05, 0) is 44.5 Å². The van der Waals surface area contributed by atoms with Crippen molar-refractivity contribution < 1.29 is 52.1 Å². The van der Waals surface area contributed by atoms with Crippen molar-refractivity contribution in [3.05, 3.63) is 250 Å². The summed E-state index contributed by atoms with van der Waals surface area (Å²) in [6.45, 7) is 2.20. The van der Waals surface area contributed by atoms with E-state index in [9.17, 15) is 0 Å². The molecule has 4 saturated heterocycles. The fourth-order valence-corrected chi connectivity index (χ4v) is 11.7. The Morgan fingerprint density at radius 3 is 1.46 bits per heavy atom. The first-order valence-corrected chi connectivity index (χ1v) is 25.8. The summed E-state index contributed by atoms with van der Waals surface area (Å²) in [5.74, 6) is 0. The maximum atomic E-state index is 7.33. The molecule has 11 heteroatoms. The van der Waals surface area contributed by atoms with E-state index in [1.165, 1.54) is 0 Å². The molecule has 0 unspecified atom stereocenters. The molecule has 380 valence electrons. The molecule has 0 aromatic heterocycles. The molecule has 7 aromatic carbocycles. The van der Waals surface area contributed by atoms with Crippen LogP contribution in [0.5, 0.6) is 0 Å². The van der Waals surface area contributed by atoms with Crippen LogP contribution in [0.15, 0.2) is 200 Å². The van der Waals surface area contributed by atoms with Crippen molar-refractivity contribution in [1.82, 2.24) is 0 Å². The topological polar surface area (TPSA) is 102 Å². The smallest absolute Gasteiger partial charge is 0.186 e. The minimum Gasteiger partial charge on any atom is -0.371 e. The first kappa shape index (κ1) is 49.0. The number of hydrogen-bond acceptors (Lipinski definition) is 11. The van der Waals surface area contributed by atoms with Crippen molar-refractivity contribution >= 4 is 0 Å². The zero-order valence-corrected chi connectivity index (χ0v) is 41.4. The third-order valence-corrected chi connectivity index (χ3v) is 15.2. The van der Waals surface area contributed by atoms with Crippen LogP contribution in [0.25, 0.3) is 0 Å². The van der Waals surface area contributed by atoms with Crippen molar-refractivity contribution in [2.75, 3.05) is 26.9 Å². The van der Waals surface area contributed by atoms with Gasteiger partial charge < -0.3 is 52.1 Å². The number of ether oxygens (including phenoxy) is 11. The van der Waals surface area contributed by atoms with Crippen LogP contribution in [-0.4, -0.2) is 88.2 Å². The first-order chi connectivity index (χ1) is 36.6. The fourth-order valence-electron chi connectivity index (χ4n) is 11.7. The SMILES string of the molecule is CO[C@H]1O[C@H](COC2c3ccccc3C3(CO[C@@H]4[C@@H](OCc5ccccc5)[C@@H]5O[C@H](c6ccccc6)OC[C@H]5O[C@@H]43)c3ccccc32)[C@@H](OCc2ccccc2)[C@H](OCc2ccccc2)[C@@H]1OCc1ccccc1. The molecule has 0 radical (unpaired) electrons. The van der Waals surface area contributed by atoms with Crippen molar-refractivity contribution in [2.45, 2.75) is 105 Å². The van der Waals surface area contributed by atoms with Gasteiger partial charge in [-0.25, -0.2) is 0 Å². The third-order valence-electron chi connectivity index (χ3n) is 15.2. The largest absolute Gasteiger partial charge is 0.371 e. The Labute approximate surface area is 433 Å². The van der Waals surface area contributed by atoms with Crippen molar-refractivity contribution in [1.29, 1.82) is 0 Å². The Morgan fingerprint density at radius 2 is 0.919 bits per heavy atom. The second-order valence-electron chi connectivity index (χ2n) is 19.7. The molecule has 12 rings (SSSR count). The average molecular weight is 995 g/mol. The number of rotatable bonds is 17. The van der Waals surface area contributed by atoms with Gasteiger partial charge in [-0.15, -0.1) is 0 Å². The quantitative estimate of drug-likeness (QED) is 0.0872. The highest BCUT2D eigenvalue weighted by atomic mass is 16.7. The molecule has 4 heterocycles. The van der Waals surface area contributed by atoms with E-state index in [0.29, 0.717) is 39.6 Å². The van der Waals surface area contributed by atoms with E-state index >= 15 is 0 Å². The Kier molecular flexibility index (Phi) is 14.9. The maximum absolute atomic E-state index is 7.33. The highest BCUT2D eigenvalue weighted by Gasteiger charge is 2.64. The van der Waals surface area contributed by atoms with E-state index < -0.39 is 79.0 Å². The zero-order chi connectivity index (χ0) is 49.7. The van der Waals surface area contributed by atoms with Gasteiger partial charge in [0.1, 0.15) is 61.0 Å². The highest BCUT2D eigenvalue weighted by Crippen LogP contribution is 2.56. The van der Waals surface area contributed by atoms with Crippen LogP contribution >= 0.6 is 0 Å². The van der Waals surface area contributed by atoms with Gasteiger partial charge in [-0.2, -0.15) is 0 Å². The molecule has 1 aliphatic carbocycles. The number of benzene rings is 7. The lowest BCUT2D eigenvalue weighted by Crippen LogP contribution is -2.64. The molecule has 0 amide bonds. The molecule has 7 aromatic rings. The fraction of sp³-hybridized carbons (Fsp3) is 0.333. The van der Waals surface area contributed by atoms with Gasteiger partial charge in [0, 0.05) is 12.7 Å². The number of hydrogen-bond donors (Lipinski definition) is 0. The lowest BCUT2D eigenvalue weighted by Gasteiger charge is -2.51. The lowest BCUT2D eigenvalue weighted by molar-refractivity contribution is -0.331. The summed E-state index contributed by atoms with van der Waals surface area (Å²) in [4.78, 5) is 0. The molecule has 0 N–H and O–H groups in total. The summed E-state index contributed by atoms with van der Waals surface area (Å²) in [7, 11) is 1.64. The summed E-state index contributed by atoms with van der Waals surface area (Å²) < 4.78 is 75.8. The molecule has 1 spiro atoms. The Balaban J connectivity index is 0.865. The van der Waals surface area contributed by atoms with Crippen LogP contribution < -0.4 is 0 Å². The van der Waals surface area contributed by atoms with Crippen LogP contribution in [0, 0.1) is 0 Å². The predicted octanol–water partition coefficient (Wildman–Crippen LogP) is 10.4. The Morgan fingerprint density at radius 1 is 0.446 bits per heavy atom. The van der Waals surface area contributed by atoms with Gasteiger partial charge in [0.15, 0.2) is 12.6 Å². The van der Waals surface area contributed by atoms with E-state index in [1.54, 1.807) is 7.11 Å². The molecule has 4 aliphatic heterocycles. The van der Waals surface area contributed by atoms with E-state index in [0.717, 1.165) is 50.1 Å². The number of methoxy groups -OCH3 is 1. The molecule has 0 saturated carbocycles. The van der Waals surface area contributed by atoms with Gasteiger partial charge in [0.2, 0.25) is 0 Å². The molecule has 11 atom stereocenters.